The summed E-state index contributed by atoms with van der Waals surface area (Å²) in [6.45, 7) is 0. The molecule has 0 N–H and O–H groups in total. The Labute approximate surface area is 287 Å². The van der Waals surface area contributed by atoms with Crippen molar-refractivity contribution in [1.29, 1.82) is 0 Å². The fourth-order valence-corrected chi connectivity index (χ4v) is 7.22. The van der Waals surface area contributed by atoms with Gasteiger partial charge in [0.05, 0.1) is 16.7 Å². The van der Waals surface area contributed by atoms with Crippen LogP contribution in [0.1, 0.15) is 0 Å². The third-order valence-corrected chi connectivity index (χ3v) is 9.47. The van der Waals surface area contributed by atoms with Crippen LogP contribution in [0.4, 0.5) is 0 Å². The topological polar surface area (TPSA) is 56.7 Å². The van der Waals surface area contributed by atoms with Crippen LogP contribution in [0.5, 0.6) is 0 Å². The van der Waals surface area contributed by atoms with Crippen LogP contribution in [0, 0.1) is 0 Å². The van der Waals surface area contributed by atoms with Gasteiger partial charge < -0.3 is 8.98 Å². The van der Waals surface area contributed by atoms with Gasteiger partial charge in [-0.25, -0.2) is 15.0 Å². The standard InChI is InChI=1S/C45H28N4O/c1-2-14-29(15-3-1)30-16-12-17-31(28-30)43-46-44(48-45(47-43)36-22-13-27-41-42(36)35-21-7-11-26-40(35)50-41)34-20-6-10-25-39(34)49-37-23-8-4-18-32(37)33-19-5-9-24-38(33)49/h1-28H. The summed E-state index contributed by atoms with van der Waals surface area (Å²) in [5.41, 5.74) is 9.82. The molecule has 0 atom stereocenters. The molecular weight excluding hydrogens is 613 g/mol. The number of hydrogen-bond acceptors (Lipinski definition) is 4. The van der Waals surface area contributed by atoms with Gasteiger partial charge in [0.25, 0.3) is 0 Å². The molecule has 10 rings (SSSR count). The second-order valence-electron chi connectivity index (χ2n) is 12.4. The molecule has 0 unspecified atom stereocenters. The number of nitrogens with zero attached hydrogens (tertiary/aromatic N) is 4. The maximum absolute atomic E-state index is 6.28. The highest BCUT2D eigenvalue weighted by Gasteiger charge is 2.21. The Morgan fingerprint density at radius 3 is 1.72 bits per heavy atom. The van der Waals surface area contributed by atoms with Crippen molar-refractivity contribution in [3.8, 4) is 51.0 Å². The van der Waals surface area contributed by atoms with E-state index in [1.807, 2.05) is 36.4 Å². The average molecular weight is 641 g/mol. The van der Waals surface area contributed by atoms with Crippen LogP contribution in [0.25, 0.3) is 94.7 Å². The van der Waals surface area contributed by atoms with E-state index in [1.54, 1.807) is 0 Å². The first-order chi connectivity index (χ1) is 24.8. The van der Waals surface area contributed by atoms with Gasteiger partial charge in [0.1, 0.15) is 11.2 Å². The van der Waals surface area contributed by atoms with Crippen LogP contribution in [0.15, 0.2) is 174 Å². The number of hydrogen-bond donors (Lipinski definition) is 0. The molecular formula is C45H28N4O. The number of aromatic nitrogens is 4. The molecule has 5 nitrogen and oxygen atoms in total. The Morgan fingerprint density at radius 1 is 0.380 bits per heavy atom. The second kappa shape index (κ2) is 11.4. The zero-order valence-electron chi connectivity index (χ0n) is 26.9. The lowest BCUT2D eigenvalue weighted by Crippen LogP contribution is -2.03. The van der Waals surface area contributed by atoms with Crippen molar-refractivity contribution in [3.05, 3.63) is 170 Å². The Hall–Kier alpha value is -6.85. The maximum Gasteiger partial charge on any atom is 0.166 e. The molecule has 0 radical (unpaired) electrons. The number of rotatable bonds is 5. The lowest BCUT2D eigenvalue weighted by atomic mass is 10.0. The number of benzene rings is 7. The van der Waals surface area contributed by atoms with Crippen molar-refractivity contribution in [3.63, 3.8) is 0 Å². The van der Waals surface area contributed by atoms with Crippen LogP contribution >= 0.6 is 0 Å². The second-order valence-corrected chi connectivity index (χ2v) is 12.4. The predicted octanol–water partition coefficient (Wildman–Crippen LogP) is 11.5. The van der Waals surface area contributed by atoms with Gasteiger partial charge in [0.15, 0.2) is 17.5 Å². The summed E-state index contributed by atoms with van der Waals surface area (Å²) in [6.07, 6.45) is 0. The van der Waals surface area contributed by atoms with Gasteiger partial charge in [0.2, 0.25) is 0 Å². The highest BCUT2D eigenvalue weighted by Crippen LogP contribution is 2.39. The summed E-state index contributed by atoms with van der Waals surface area (Å²) >= 11 is 0. The minimum Gasteiger partial charge on any atom is -0.456 e. The first-order valence-corrected chi connectivity index (χ1v) is 16.7. The van der Waals surface area contributed by atoms with Gasteiger partial charge in [0, 0.05) is 38.2 Å². The smallest absolute Gasteiger partial charge is 0.166 e. The largest absolute Gasteiger partial charge is 0.456 e. The summed E-state index contributed by atoms with van der Waals surface area (Å²) < 4.78 is 8.61. The van der Waals surface area contributed by atoms with Gasteiger partial charge >= 0.3 is 0 Å². The van der Waals surface area contributed by atoms with Crippen LogP contribution in [-0.4, -0.2) is 19.5 Å². The maximum atomic E-state index is 6.28. The fraction of sp³-hybridized carbons (Fsp3) is 0. The van der Waals surface area contributed by atoms with E-state index in [1.165, 1.54) is 10.8 Å². The molecule has 0 saturated carbocycles. The Kier molecular flexibility index (Phi) is 6.42. The van der Waals surface area contributed by atoms with E-state index in [0.717, 1.165) is 66.5 Å². The summed E-state index contributed by atoms with van der Waals surface area (Å²) in [7, 11) is 0. The van der Waals surface area contributed by atoms with Crippen LogP contribution in [0.2, 0.25) is 0 Å². The monoisotopic (exact) mass is 640 g/mol. The SMILES string of the molecule is c1ccc(-c2cccc(-c3nc(-c4ccccc4-n4c5ccccc5c5ccccc54)nc(-c4cccc5oc6ccccc6c45)n3)c2)cc1. The first-order valence-electron chi connectivity index (χ1n) is 16.7. The molecule has 0 aliphatic carbocycles. The Balaban J connectivity index is 1.25. The van der Waals surface area contributed by atoms with Crippen molar-refractivity contribution in [2.45, 2.75) is 0 Å². The minimum absolute atomic E-state index is 0.587. The van der Waals surface area contributed by atoms with Gasteiger partial charge in [-0.05, 0) is 53.6 Å². The molecule has 50 heavy (non-hydrogen) atoms. The molecule has 234 valence electrons. The first kappa shape index (κ1) is 28.2. The molecule has 0 bridgehead atoms. The molecule has 3 heterocycles. The quantitative estimate of drug-likeness (QED) is 0.188. The highest BCUT2D eigenvalue weighted by atomic mass is 16.3. The summed E-state index contributed by atoms with van der Waals surface area (Å²) in [5, 5.41) is 4.41. The lowest BCUT2D eigenvalue weighted by Gasteiger charge is -2.15. The van der Waals surface area contributed by atoms with Crippen molar-refractivity contribution >= 4 is 43.7 Å². The van der Waals surface area contributed by atoms with Crippen LogP contribution in [0.3, 0.4) is 0 Å². The average Bonchev–Trinajstić information content (AvgIpc) is 3.74. The molecule has 0 amide bonds. The predicted molar refractivity (Wildman–Crippen MR) is 203 cm³/mol. The molecule has 0 aliphatic rings. The van der Waals surface area contributed by atoms with E-state index in [9.17, 15) is 0 Å². The van der Waals surface area contributed by atoms with Crippen molar-refractivity contribution in [2.75, 3.05) is 0 Å². The van der Waals surface area contributed by atoms with Crippen LogP contribution < -0.4 is 0 Å². The zero-order valence-corrected chi connectivity index (χ0v) is 26.9. The van der Waals surface area contributed by atoms with Gasteiger partial charge in [-0.15, -0.1) is 0 Å². The minimum atomic E-state index is 0.587. The number of furan rings is 1. The molecule has 0 fully saturated rings. The van der Waals surface area contributed by atoms with E-state index in [0.29, 0.717) is 17.5 Å². The molecule has 0 saturated heterocycles. The molecule has 10 aromatic rings. The number of para-hydroxylation sites is 4. The van der Waals surface area contributed by atoms with Crippen molar-refractivity contribution in [1.82, 2.24) is 19.5 Å². The lowest BCUT2D eigenvalue weighted by molar-refractivity contribution is 0.669. The zero-order chi connectivity index (χ0) is 33.0. The Morgan fingerprint density at radius 2 is 0.920 bits per heavy atom. The van der Waals surface area contributed by atoms with E-state index >= 15 is 0 Å². The van der Waals surface area contributed by atoms with Crippen molar-refractivity contribution in [2.24, 2.45) is 0 Å². The molecule has 0 spiro atoms. The van der Waals surface area contributed by atoms with E-state index in [-0.39, 0.29) is 0 Å². The third-order valence-electron chi connectivity index (χ3n) is 9.47. The fourth-order valence-electron chi connectivity index (χ4n) is 7.22. The van der Waals surface area contributed by atoms with Crippen molar-refractivity contribution < 1.29 is 4.42 Å². The van der Waals surface area contributed by atoms with E-state index in [4.69, 9.17) is 19.4 Å². The molecule has 3 aromatic heterocycles. The van der Waals surface area contributed by atoms with E-state index in [2.05, 4.69) is 138 Å². The molecule has 0 aliphatic heterocycles. The summed E-state index contributed by atoms with van der Waals surface area (Å²) in [4.78, 5) is 15.7. The normalized spacial score (nSPS) is 11.6. The van der Waals surface area contributed by atoms with Crippen LogP contribution in [-0.2, 0) is 0 Å². The summed E-state index contributed by atoms with van der Waals surface area (Å²) in [6, 6.07) is 58.5. The van der Waals surface area contributed by atoms with Gasteiger partial charge in [-0.3, -0.25) is 0 Å². The molecule has 5 heteroatoms. The Bertz CT molecular complexity index is 2830. The van der Waals surface area contributed by atoms with Gasteiger partial charge in [-0.1, -0.05) is 127 Å². The third kappa shape index (κ3) is 4.52. The van der Waals surface area contributed by atoms with E-state index < -0.39 is 0 Å². The highest BCUT2D eigenvalue weighted by molar-refractivity contribution is 6.12. The summed E-state index contributed by atoms with van der Waals surface area (Å²) in [5.74, 6) is 1.78. The number of fused-ring (bicyclic) bond motifs is 6. The van der Waals surface area contributed by atoms with Gasteiger partial charge in [-0.2, -0.15) is 0 Å². The molecule has 7 aromatic carbocycles.